The summed E-state index contributed by atoms with van der Waals surface area (Å²) in [5, 5.41) is 0. The third-order valence-corrected chi connectivity index (χ3v) is 2.25. The molecule has 0 unspecified atom stereocenters. The van der Waals surface area contributed by atoms with Gasteiger partial charge in [0.2, 0.25) is 0 Å². The molecular formula is C13H11F2NO. The number of rotatable bonds is 3. The number of anilines is 1. The fourth-order valence-electron chi connectivity index (χ4n) is 1.35. The van der Waals surface area contributed by atoms with E-state index in [-0.39, 0.29) is 5.56 Å². The number of halogens is 2. The second-order valence-electron chi connectivity index (χ2n) is 3.54. The van der Waals surface area contributed by atoms with E-state index in [0.29, 0.717) is 17.2 Å². The minimum atomic E-state index is -2.46. The Morgan fingerprint density at radius 1 is 0.824 bits per heavy atom. The van der Waals surface area contributed by atoms with Crippen molar-refractivity contribution < 1.29 is 13.5 Å². The van der Waals surface area contributed by atoms with Gasteiger partial charge in [0.1, 0.15) is 11.5 Å². The van der Waals surface area contributed by atoms with Gasteiger partial charge in [0, 0.05) is 11.3 Å². The van der Waals surface area contributed by atoms with Crippen LogP contribution in [-0.4, -0.2) is 0 Å². The monoisotopic (exact) mass is 235 g/mol. The van der Waals surface area contributed by atoms with Crippen molar-refractivity contribution in [3.8, 4) is 11.5 Å². The Hall–Kier alpha value is -2.10. The lowest BCUT2D eigenvalue weighted by Crippen LogP contribution is -1.88. The molecule has 2 rings (SSSR count). The van der Waals surface area contributed by atoms with E-state index in [2.05, 4.69) is 0 Å². The molecule has 2 aromatic carbocycles. The van der Waals surface area contributed by atoms with Gasteiger partial charge in [-0.1, -0.05) is 0 Å². The van der Waals surface area contributed by atoms with Crippen molar-refractivity contribution in [1.82, 2.24) is 0 Å². The van der Waals surface area contributed by atoms with Crippen LogP contribution in [0.1, 0.15) is 12.0 Å². The van der Waals surface area contributed by atoms with Gasteiger partial charge in [0.25, 0.3) is 6.43 Å². The minimum absolute atomic E-state index is 0.0188. The molecule has 0 bridgehead atoms. The lowest BCUT2D eigenvalue weighted by molar-refractivity contribution is 0.151. The lowest BCUT2D eigenvalue weighted by Gasteiger charge is -2.06. The summed E-state index contributed by atoms with van der Waals surface area (Å²) in [6.07, 6.45) is -2.46. The highest BCUT2D eigenvalue weighted by Crippen LogP contribution is 2.25. The van der Waals surface area contributed by atoms with E-state index >= 15 is 0 Å². The molecule has 0 saturated heterocycles. The highest BCUT2D eigenvalue weighted by molar-refractivity contribution is 5.43. The Balaban J connectivity index is 2.11. The smallest absolute Gasteiger partial charge is 0.263 e. The molecule has 2 nitrogen and oxygen atoms in total. The fourth-order valence-corrected chi connectivity index (χ4v) is 1.35. The zero-order chi connectivity index (χ0) is 12.3. The first kappa shape index (κ1) is 11.4. The maximum atomic E-state index is 12.3. The Morgan fingerprint density at radius 2 is 1.29 bits per heavy atom. The number of hydrogen-bond acceptors (Lipinski definition) is 2. The molecule has 0 aliphatic carbocycles. The first-order valence-electron chi connectivity index (χ1n) is 5.06. The van der Waals surface area contributed by atoms with Gasteiger partial charge in [-0.2, -0.15) is 0 Å². The normalized spacial score (nSPS) is 10.5. The molecule has 0 spiro atoms. The Bertz CT molecular complexity index is 480. The van der Waals surface area contributed by atoms with Crippen molar-refractivity contribution >= 4 is 5.69 Å². The van der Waals surface area contributed by atoms with E-state index in [0.717, 1.165) is 0 Å². The predicted molar refractivity (Wildman–Crippen MR) is 62.3 cm³/mol. The molecule has 2 N–H and O–H groups in total. The molecule has 0 aliphatic rings. The summed E-state index contributed by atoms with van der Waals surface area (Å²) in [5.41, 5.74) is 6.16. The maximum absolute atomic E-state index is 12.3. The van der Waals surface area contributed by atoms with Crippen molar-refractivity contribution in [2.45, 2.75) is 6.43 Å². The molecule has 88 valence electrons. The molecule has 2 aromatic rings. The SMILES string of the molecule is Nc1ccc(Oc2ccc(C(F)F)cc2)cc1. The predicted octanol–water partition coefficient (Wildman–Crippen LogP) is 4.00. The standard InChI is InChI=1S/C13H11F2NO/c14-13(15)9-1-5-11(6-2-9)17-12-7-3-10(16)4-8-12/h1-8,13H,16H2. The molecule has 17 heavy (non-hydrogen) atoms. The molecule has 0 aliphatic heterocycles. The number of hydrogen-bond donors (Lipinski definition) is 1. The van der Waals surface area contributed by atoms with Crippen LogP contribution < -0.4 is 10.5 Å². The average molecular weight is 235 g/mol. The Labute approximate surface area is 97.6 Å². The summed E-state index contributed by atoms with van der Waals surface area (Å²) in [6, 6.07) is 12.6. The molecule has 0 radical (unpaired) electrons. The zero-order valence-corrected chi connectivity index (χ0v) is 8.94. The molecular weight excluding hydrogens is 224 g/mol. The van der Waals surface area contributed by atoms with Gasteiger partial charge >= 0.3 is 0 Å². The number of nitrogen functional groups attached to an aromatic ring is 1. The molecule has 0 atom stereocenters. The number of ether oxygens (including phenoxy) is 1. The van der Waals surface area contributed by atoms with E-state index in [1.54, 1.807) is 24.3 Å². The van der Waals surface area contributed by atoms with Crippen LogP contribution >= 0.6 is 0 Å². The van der Waals surface area contributed by atoms with Crippen LogP contribution in [0.4, 0.5) is 14.5 Å². The molecule has 0 aromatic heterocycles. The second-order valence-corrected chi connectivity index (χ2v) is 3.54. The fraction of sp³-hybridized carbons (Fsp3) is 0.0769. The minimum Gasteiger partial charge on any atom is -0.457 e. The van der Waals surface area contributed by atoms with Crippen LogP contribution in [0.3, 0.4) is 0 Å². The van der Waals surface area contributed by atoms with E-state index < -0.39 is 6.43 Å². The average Bonchev–Trinajstić information content (AvgIpc) is 2.33. The van der Waals surface area contributed by atoms with Crippen LogP contribution in [0, 0.1) is 0 Å². The van der Waals surface area contributed by atoms with Gasteiger partial charge in [0.05, 0.1) is 0 Å². The Kier molecular flexibility index (Phi) is 3.23. The molecule has 0 saturated carbocycles. The number of nitrogens with two attached hydrogens (primary N) is 1. The molecule has 0 fully saturated rings. The van der Waals surface area contributed by atoms with Crippen molar-refractivity contribution in [1.29, 1.82) is 0 Å². The van der Waals surface area contributed by atoms with Crippen molar-refractivity contribution in [3.63, 3.8) is 0 Å². The van der Waals surface area contributed by atoms with Gasteiger partial charge in [-0.25, -0.2) is 8.78 Å². The van der Waals surface area contributed by atoms with Crippen LogP contribution in [-0.2, 0) is 0 Å². The number of alkyl halides is 2. The largest absolute Gasteiger partial charge is 0.457 e. The third kappa shape index (κ3) is 2.93. The van der Waals surface area contributed by atoms with Gasteiger partial charge in [-0.15, -0.1) is 0 Å². The second kappa shape index (κ2) is 4.82. The topological polar surface area (TPSA) is 35.2 Å². The van der Waals surface area contributed by atoms with Gasteiger partial charge in [-0.05, 0) is 48.5 Å². The van der Waals surface area contributed by atoms with E-state index in [9.17, 15) is 8.78 Å². The van der Waals surface area contributed by atoms with E-state index in [4.69, 9.17) is 10.5 Å². The zero-order valence-electron chi connectivity index (χ0n) is 8.94. The van der Waals surface area contributed by atoms with Gasteiger partial charge in [0.15, 0.2) is 0 Å². The van der Waals surface area contributed by atoms with Crippen molar-refractivity contribution in [2.24, 2.45) is 0 Å². The highest BCUT2D eigenvalue weighted by atomic mass is 19.3. The third-order valence-electron chi connectivity index (χ3n) is 2.25. The van der Waals surface area contributed by atoms with Gasteiger partial charge < -0.3 is 10.5 Å². The Morgan fingerprint density at radius 3 is 1.76 bits per heavy atom. The van der Waals surface area contributed by atoms with Crippen LogP contribution in [0.15, 0.2) is 48.5 Å². The molecule has 0 amide bonds. The molecule has 0 heterocycles. The summed E-state index contributed by atoms with van der Waals surface area (Å²) in [5.74, 6) is 1.13. The van der Waals surface area contributed by atoms with Crippen LogP contribution in [0.25, 0.3) is 0 Å². The summed E-state index contributed by atoms with van der Waals surface area (Å²) >= 11 is 0. The lowest BCUT2D eigenvalue weighted by atomic mass is 10.2. The highest BCUT2D eigenvalue weighted by Gasteiger charge is 2.06. The summed E-state index contributed by atoms with van der Waals surface area (Å²) in [4.78, 5) is 0. The first-order valence-corrected chi connectivity index (χ1v) is 5.06. The number of benzene rings is 2. The van der Waals surface area contributed by atoms with Crippen LogP contribution in [0.5, 0.6) is 11.5 Å². The summed E-state index contributed by atoms with van der Waals surface area (Å²) < 4.78 is 30.1. The summed E-state index contributed by atoms with van der Waals surface area (Å²) in [7, 11) is 0. The molecule has 4 heteroatoms. The van der Waals surface area contributed by atoms with Crippen molar-refractivity contribution in [3.05, 3.63) is 54.1 Å². The van der Waals surface area contributed by atoms with Crippen LogP contribution in [0.2, 0.25) is 0 Å². The maximum Gasteiger partial charge on any atom is 0.263 e. The van der Waals surface area contributed by atoms with Gasteiger partial charge in [-0.3, -0.25) is 0 Å². The first-order chi connectivity index (χ1) is 8.15. The van der Waals surface area contributed by atoms with E-state index in [1.165, 1.54) is 24.3 Å². The van der Waals surface area contributed by atoms with E-state index in [1.807, 2.05) is 0 Å². The quantitative estimate of drug-likeness (QED) is 0.816. The van der Waals surface area contributed by atoms with Crippen molar-refractivity contribution in [2.75, 3.05) is 5.73 Å². The summed E-state index contributed by atoms with van der Waals surface area (Å²) in [6.45, 7) is 0.